The smallest absolute Gasteiger partial charge is 0.365 e. The van der Waals surface area contributed by atoms with Crippen LogP contribution >= 0.6 is 52.4 Å². The van der Waals surface area contributed by atoms with E-state index >= 15 is 0 Å². The van der Waals surface area contributed by atoms with Crippen LogP contribution in [-0.2, 0) is 14.4 Å². The van der Waals surface area contributed by atoms with Crippen LogP contribution in [0.1, 0.15) is 131 Å². The van der Waals surface area contributed by atoms with Gasteiger partial charge in [-0.1, -0.05) is 80.0 Å². The van der Waals surface area contributed by atoms with Crippen molar-refractivity contribution >= 4 is 104 Å². The second-order valence-electron chi connectivity index (χ2n) is 23.6. The number of benzene rings is 2. The van der Waals surface area contributed by atoms with E-state index in [2.05, 4.69) is 57.2 Å². The quantitative estimate of drug-likeness (QED) is 0.114. The van der Waals surface area contributed by atoms with Gasteiger partial charge in [0.25, 0.3) is 0 Å². The summed E-state index contributed by atoms with van der Waals surface area (Å²) in [5.41, 5.74) is 0.822. The predicted octanol–water partition coefficient (Wildman–Crippen LogP) is 12.5. The minimum Gasteiger partial charge on any atom is -0.481 e. The summed E-state index contributed by atoms with van der Waals surface area (Å²) >= 11 is 0. The molecular weight excluding hydrogens is 955 g/mol. The van der Waals surface area contributed by atoms with Gasteiger partial charge in [0.1, 0.15) is 7.85 Å². The highest BCUT2D eigenvalue weighted by Crippen LogP contribution is 2.71. The van der Waals surface area contributed by atoms with Crippen molar-refractivity contribution in [3.63, 3.8) is 0 Å². The van der Waals surface area contributed by atoms with Crippen LogP contribution < -0.4 is 10.8 Å². The highest BCUT2D eigenvalue weighted by molar-refractivity contribution is 8.00. The average molecular weight is 1040 g/mol. The average Bonchev–Trinajstić information content (AvgIpc) is 3.19. The molecule has 8 bridgehead atoms. The molecule has 3 unspecified atom stereocenters. The molecule has 6 radical (unpaired) electrons. The molecule has 2 aromatic rings. The molecule has 6 nitrogen and oxygen atoms in total. The zero-order valence-electron chi connectivity index (χ0n) is 42.8. The van der Waals surface area contributed by atoms with Crippen molar-refractivity contribution in [1.29, 1.82) is 0 Å². The molecule has 8 fully saturated rings. The Hall–Kier alpha value is -0.515. The van der Waals surface area contributed by atoms with Crippen LogP contribution in [0.15, 0.2) is 60.7 Å². The summed E-state index contributed by atoms with van der Waals surface area (Å²) in [5, 5.41) is 28.7. The van der Waals surface area contributed by atoms with Crippen LogP contribution in [0.5, 0.6) is 0 Å². The molecule has 3 N–H and O–H groups in total. The number of carboxylic acids is 3. The lowest BCUT2D eigenvalue weighted by Gasteiger charge is -2.63. The molecular formula is C53H87B3ClO6P5+2. The van der Waals surface area contributed by atoms with Gasteiger partial charge in [-0.15, -0.1) is 38.1 Å². The number of carbonyl (C=O) groups is 3. The van der Waals surface area contributed by atoms with Crippen molar-refractivity contribution in [2.24, 2.45) is 41.4 Å². The number of carboxylic acid groups (broad SMARTS) is 3. The third-order valence-electron chi connectivity index (χ3n) is 15.5. The summed E-state index contributed by atoms with van der Waals surface area (Å²) in [6.07, 6.45) is 24.4. The molecule has 8 aliphatic rings. The minimum absolute atomic E-state index is 0. The van der Waals surface area contributed by atoms with Gasteiger partial charge in [0.05, 0.1) is 17.5 Å². The number of halogens is 1. The zero-order chi connectivity index (χ0) is 49.6. The SMILES string of the molecule is C1C2CC3CC1CC(PC14CC5CC(CC(C5)C1)C4)(C2)C3.Cl.O=C(O)CCP(CCC(=O)O)CCC(=O)O.Pc1ccccc1.[B][P+](C)(CC[P+]([B])(C)C(C)(C)C)CC(C)C.[B]c1ccccc1. The Morgan fingerprint density at radius 3 is 1.22 bits per heavy atom. The van der Waals surface area contributed by atoms with E-state index in [4.69, 9.17) is 38.3 Å². The highest BCUT2D eigenvalue weighted by Gasteiger charge is 2.57. The van der Waals surface area contributed by atoms with Gasteiger partial charge in [0.2, 0.25) is 0 Å². The number of rotatable bonds is 16. The molecule has 10 rings (SSSR count). The van der Waals surface area contributed by atoms with Gasteiger partial charge in [-0.05, 0) is 188 Å². The van der Waals surface area contributed by atoms with Crippen molar-refractivity contribution in [2.45, 2.75) is 146 Å². The van der Waals surface area contributed by atoms with Gasteiger partial charge in [0, 0.05) is 38.8 Å². The van der Waals surface area contributed by atoms with Gasteiger partial charge in [0.15, 0.2) is 0 Å². The Morgan fingerprint density at radius 1 is 0.662 bits per heavy atom. The molecule has 0 saturated heterocycles. The molecule has 0 heterocycles. The van der Waals surface area contributed by atoms with Crippen molar-refractivity contribution < 1.29 is 29.7 Å². The summed E-state index contributed by atoms with van der Waals surface area (Å²) in [4.78, 5) is 31.1. The molecule has 8 saturated carbocycles. The molecule has 0 aliphatic heterocycles. The van der Waals surface area contributed by atoms with Crippen LogP contribution in [0.2, 0.25) is 0 Å². The topological polar surface area (TPSA) is 112 Å². The molecule has 68 heavy (non-hydrogen) atoms. The Labute approximate surface area is 430 Å². The summed E-state index contributed by atoms with van der Waals surface area (Å²) in [5.74, 6) is 4.90. The monoisotopic (exact) mass is 1040 g/mol. The molecule has 15 heteroatoms. The fourth-order valence-electron chi connectivity index (χ4n) is 12.8. The van der Waals surface area contributed by atoms with Crippen LogP contribution in [0.4, 0.5) is 0 Å². The lowest BCUT2D eigenvalue weighted by atomic mass is 9.55. The first-order valence-corrected chi connectivity index (χ1v) is 33.9. The lowest BCUT2D eigenvalue weighted by Crippen LogP contribution is -2.53. The van der Waals surface area contributed by atoms with E-state index in [1.165, 1.54) is 20.0 Å². The fraction of sp³-hybridized carbons (Fsp3) is 0.717. The summed E-state index contributed by atoms with van der Waals surface area (Å²) < 4.78 is 0. The number of hydrogen-bond donors (Lipinski definition) is 3. The Morgan fingerprint density at radius 2 is 0.985 bits per heavy atom. The van der Waals surface area contributed by atoms with Crippen molar-refractivity contribution in [2.75, 3.05) is 50.3 Å². The first-order valence-electron chi connectivity index (χ1n) is 25.3. The van der Waals surface area contributed by atoms with E-state index in [0.717, 1.165) is 63.6 Å². The Kier molecular flexibility index (Phi) is 25.7. The van der Waals surface area contributed by atoms with E-state index in [0.29, 0.717) is 24.4 Å². The van der Waals surface area contributed by atoms with E-state index in [9.17, 15) is 14.4 Å². The Bertz CT molecular complexity index is 1640. The third kappa shape index (κ3) is 21.9. The second-order valence-corrected chi connectivity index (χ2v) is 37.4. The van der Waals surface area contributed by atoms with Gasteiger partial charge in [-0.3, -0.25) is 14.4 Å². The molecule has 3 atom stereocenters. The van der Waals surface area contributed by atoms with E-state index in [-0.39, 0.29) is 36.8 Å². The second kappa shape index (κ2) is 28.2. The van der Waals surface area contributed by atoms with Crippen LogP contribution in [0.3, 0.4) is 0 Å². The largest absolute Gasteiger partial charge is 0.481 e. The molecule has 0 aromatic heterocycles. The number of aliphatic carboxylic acids is 3. The molecule has 0 amide bonds. The standard InChI is InChI=1S/C20H31P.C12H28B2P2.C9H15O6P.C6H5B.C6H7P.ClH/c1-13-2-15-3-14(1)8-19(7-13,9-15)21-20-10-16-4-17(11-20)6-18(5-16)12-20;1-11(2)10-15(6,13)8-9-16(7,14)12(3,4)5;10-7(11)1-4-16(5-2-8(12)13)6-3-9(14)15;2*7-6-4-2-1-3-5-6;/h13-18,21H,1-12H2;11H,8-10H2,1-7H3;1-6H2,(H,10,11)(H,12,13)(H,14,15);1-5H;1-5H,7H2;1H/q;+2;;;;. The predicted molar refractivity (Wildman–Crippen MR) is 310 cm³/mol. The molecule has 0 spiro atoms. The third-order valence-corrected chi connectivity index (χ3v) is 28.1. The molecule has 8 aliphatic carbocycles. The minimum atomic E-state index is -1.32. The van der Waals surface area contributed by atoms with Crippen LogP contribution in [-0.4, -0.2) is 122 Å². The zero-order valence-corrected chi connectivity index (χ0v) is 48.4. The van der Waals surface area contributed by atoms with Crippen LogP contribution in [0, 0.1) is 41.4 Å². The van der Waals surface area contributed by atoms with E-state index < -0.39 is 40.1 Å². The molecule has 374 valence electrons. The fourth-order valence-corrected chi connectivity index (χ4v) is 24.7. The number of hydrogen-bond acceptors (Lipinski definition) is 3. The summed E-state index contributed by atoms with van der Waals surface area (Å²) in [6, 6.07) is 19.6. The molecule has 2 aromatic carbocycles. The lowest BCUT2D eigenvalue weighted by molar-refractivity contribution is -0.137. The first kappa shape index (κ1) is 61.8. The van der Waals surface area contributed by atoms with Gasteiger partial charge < -0.3 is 15.3 Å². The van der Waals surface area contributed by atoms with Crippen molar-refractivity contribution in [3.05, 3.63) is 60.7 Å². The normalized spacial score (nSPS) is 28.8. The maximum absolute atomic E-state index is 10.4. The van der Waals surface area contributed by atoms with E-state index in [1.54, 1.807) is 77.0 Å². The van der Waals surface area contributed by atoms with E-state index in [1.807, 2.05) is 60.7 Å². The maximum atomic E-state index is 10.4. The summed E-state index contributed by atoms with van der Waals surface area (Å²) in [7, 11) is 19.0. The first-order chi connectivity index (χ1) is 31.3. The van der Waals surface area contributed by atoms with Crippen LogP contribution in [0.25, 0.3) is 0 Å². The van der Waals surface area contributed by atoms with Crippen molar-refractivity contribution in [3.8, 4) is 0 Å². The van der Waals surface area contributed by atoms with Gasteiger partial charge in [-0.2, -0.15) is 0 Å². The van der Waals surface area contributed by atoms with Crippen molar-refractivity contribution in [1.82, 2.24) is 0 Å². The Balaban J connectivity index is 0.000000238. The highest BCUT2D eigenvalue weighted by atomic mass is 35.5. The van der Waals surface area contributed by atoms with Gasteiger partial charge >= 0.3 is 33.0 Å². The summed E-state index contributed by atoms with van der Waals surface area (Å²) in [6.45, 7) is 15.8. The maximum Gasteiger partial charge on any atom is 0.365 e. The van der Waals surface area contributed by atoms with Gasteiger partial charge in [-0.25, -0.2) is 0 Å².